The molecule has 0 spiro atoms. The van der Waals surface area contributed by atoms with Crippen LogP contribution in [0.25, 0.3) is 0 Å². The highest BCUT2D eigenvalue weighted by atomic mass is 79.9. The molecular weight excluding hydrogens is 366 g/mol. The van der Waals surface area contributed by atoms with Gasteiger partial charge in [0.05, 0.1) is 16.4 Å². The molecule has 0 saturated carbocycles. The Morgan fingerprint density at radius 3 is 2.46 bits per heavy atom. The minimum Gasteiger partial charge on any atom is -0.438 e. The summed E-state index contributed by atoms with van der Waals surface area (Å²) in [5, 5.41) is 0. The van der Waals surface area contributed by atoms with E-state index in [0.29, 0.717) is 0 Å². The first-order chi connectivity index (χ1) is 11.7. The van der Waals surface area contributed by atoms with E-state index >= 15 is 0 Å². The summed E-state index contributed by atoms with van der Waals surface area (Å²) in [6.07, 6.45) is 4.25. The Hall–Kier alpha value is -1.75. The van der Waals surface area contributed by atoms with Gasteiger partial charge in [0.1, 0.15) is 5.76 Å². The van der Waals surface area contributed by atoms with Crippen molar-refractivity contribution in [1.82, 2.24) is 0 Å². The quantitative estimate of drug-likeness (QED) is 0.633. The van der Waals surface area contributed by atoms with Crippen molar-refractivity contribution in [3.05, 3.63) is 40.6 Å². The van der Waals surface area contributed by atoms with Crippen LogP contribution in [0.3, 0.4) is 0 Å². The molecule has 5 heteroatoms. The summed E-state index contributed by atoms with van der Waals surface area (Å²) in [7, 11) is 0. The molecule has 0 amide bonds. The van der Waals surface area contributed by atoms with Gasteiger partial charge in [-0.1, -0.05) is 0 Å². The van der Waals surface area contributed by atoms with Crippen LogP contribution >= 0.6 is 15.9 Å². The Morgan fingerprint density at radius 1 is 1.17 bits per heavy atom. The van der Waals surface area contributed by atoms with E-state index in [2.05, 4.69) is 56.7 Å². The van der Waals surface area contributed by atoms with Crippen molar-refractivity contribution in [3.63, 3.8) is 0 Å². The lowest BCUT2D eigenvalue weighted by Crippen LogP contribution is -2.21. The van der Waals surface area contributed by atoms with Crippen molar-refractivity contribution in [2.24, 2.45) is 4.99 Å². The van der Waals surface area contributed by atoms with Gasteiger partial charge >= 0.3 is 0 Å². The number of hydrogen-bond donors (Lipinski definition) is 0. The van der Waals surface area contributed by atoms with Crippen LogP contribution in [0, 0.1) is 0 Å². The molecule has 0 atom stereocenters. The molecule has 3 rings (SSSR count). The Bertz CT molecular complexity index is 683. The van der Waals surface area contributed by atoms with Crippen LogP contribution in [-0.4, -0.2) is 32.4 Å². The van der Waals surface area contributed by atoms with Gasteiger partial charge in [-0.15, -0.1) is 0 Å². The minimum absolute atomic E-state index is 0.775. The van der Waals surface area contributed by atoms with Crippen molar-refractivity contribution in [3.8, 4) is 0 Å². The lowest BCUT2D eigenvalue weighted by atomic mass is 10.2. The summed E-state index contributed by atoms with van der Waals surface area (Å²) in [5.74, 6) is 1.70. The second-order valence-electron chi connectivity index (χ2n) is 5.94. The number of nitrogens with zero attached hydrogens (tertiary/aromatic N) is 3. The molecule has 1 aromatic carbocycles. The van der Waals surface area contributed by atoms with Gasteiger partial charge in [0.2, 0.25) is 5.88 Å². The topological polar surface area (TPSA) is 32.0 Å². The fourth-order valence-electron chi connectivity index (χ4n) is 3.05. The standard InChI is InChI=1S/C19H24BrN3O/c1-3-22(4-2)16-9-7-15(8-10-16)21-14-17-13-18(20)19(24-17)23-11-5-6-12-23/h7-10,13-14H,3-6,11-12H2,1-2H3. The van der Waals surface area contributed by atoms with Crippen LogP contribution in [0.15, 0.2) is 44.2 Å². The second-order valence-corrected chi connectivity index (χ2v) is 6.80. The van der Waals surface area contributed by atoms with Crippen molar-refractivity contribution in [2.45, 2.75) is 26.7 Å². The van der Waals surface area contributed by atoms with Gasteiger partial charge in [0.25, 0.3) is 0 Å². The third kappa shape index (κ3) is 3.83. The first-order valence-corrected chi connectivity index (χ1v) is 9.44. The third-order valence-electron chi connectivity index (χ3n) is 4.40. The molecule has 2 aromatic rings. The zero-order chi connectivity index (χ0) is 16.9. The van der Waals surface area contributed by atoms with Gasteiger partial charge in [-0.05, 0) is 66.9 Å². The van der Waals surface area contributed by atoms with Gasteiger partial charge in [-0.3, -0.25) is 4.99 Å². The molecule has 2 heterocycles. The number of rotatable bonds is 6. The van der Waals surface area contributed by atoms with Crippen molar-refractivity contribution in [1.29, 1.82) is 0 Å². The van der Waals surface area contributed by atoms with E-state index in [1.165, 1.54) is 18.5 Å². The molecule has 1 aliphatic heterocycles. The van der Waals surface area contributed by atoms with Crippen LogP contribution in [0.2, 0.25) is 0 Å². The first kappa shape index (κ1) is 17.1. The molecule has 1 aromatic heterocycles. The highest BCUT2D eigenvalue weighted by molar-refractivity contribution is 9.10. The van der Waals surface area contributed by atoms with E-state index in [1.54, 1.807) is 6.21 Å². The summed E-state index contributed by atoms with van der Waals surface area (Å²) < 4.78 is 6.94. The fraction of sp³-hybridized carbons (Fsp3) is 0.421. The molecule has 0 bridgehead atoms. The van der Waals surface area contributed by atoms with Crippen molar-refractivity contribution in [2.75, 3.05) is 36.0 Å². The van der Waals surface area contributed by atoms with Crippen LogP contribution in [0.4, 0.5) is 17.3 Å². The number of aliphatic imine (C=N–C) groups is 1. The molecular formula is C19H24BrN3O. The molecule has 128 valence electrons. The molecule has 0 aliphatic carbocycles. The number of anilines is 2. The second kappa shape index (κ2) is 7.88. The Kier molecular flexibility index (Phi) is 5.61. The molecule has 0 unspecified atom stereocenters. The molecule has 1 fully saturated rings. The number of furan rings is 1. The van der Waals surface area contributed by atoms with Crippen molar-refractivity contribution >= 4 is 39.4 Å². The predicted octanol–water partition coefficient (Wildman–Crippen LogP) is 5.24. The summed E-state index contributed by atoms with van der Waals surface area (Å²) in [6, 6.07) is 10.3. The molecule has 24 heavy (non-hydrogen) atoms. The van der Waals surface area contributed by atoms with E-state index in [0.717, 1.165) is 48.0 Å². The maximum absolute atomic E-state index is 5.94. The van der Waals surface area contributed by atoms with E-state index in [1.807, 2.05) is 18.2 Å². The van der Waals surface area contributed by atoms with Crippen LogP contribution in [0.5, 0.6) is 0 Å². The normalized spacial score (nSPS) is 14.7. The molecule has 0 N–H and O–H groups in total. The maximum atomic E-state index is 5.94. The summed E-state index contributed by atoms with van der Waals surface area (Å²) in [6.45, 7) is 8.49. The average molecular weight is 390 g/mol. The lowest BCUT2D eigenvalue weighted by molar-refractivity contribution is 0.549. The molecule has 0 radical (unpaired) electrons. The monoisotopic (exact) mass is 389 g/mol. The van der Waals surface area contributed by atoms with Crippen LogP contribution < -0.4 is 9.80 Å². The van der Waals surface area contributed by atoms with E-state index < -0.39 is 0 Å². The molecule has 4 nitrogen and oxygen atoms in total. The van der Waals surface area contributed by atoms with Gasteiger partial charge < -0.3 is 14.2 Å². The largest absolute Gasteiger partial charge is 0.438 e. The highest BCUT2D eigenvalue weighted by Gasteiger charge is 2.19. The fourth-order valence-corrected chi connectivity index (χ4v) is 3.61. The first-order valence-electron chi connectivity index (χ1n) is 8.64. The Morgan fingerprint density at radius 2 is 1.83 bits per heavy atom. The van der Waals surface area contributed by atoms with Gasteiger partial charge in [0, 0.05) is 37.9 Å². The number of hydrogen-bond acceptors (Lipinski definition) is 4. The predicted molar refractivity (Wildman–Crippen MR) is 105 cm³/mol. The third-order valence-corrected chi connectivity index (χ3v) is 4.97. The highest BCUT2D eigenvalue weighted by Crippen LogP contribution is 2.32. The Labute approximate surface area is 152 Å². The maximum Gasteiger partial charge on any atom is 0.210 e. The van der Waals surface area contributed by atoms with E-state index in [-0.39, 0.29) is 0 Å². The van der Waals surface area contributed by atoms with E-state index in [9.17, 15) is 0 Å². The zero-order valence-electron chi connectivity index (χ0n) is 14.3. The van der Waals surface area contributed by atoms with Crippen LogP contribution in [-0.2, 0) is 0 Å². The van der Waals surface area contributed by atoms with Crippen LogP contribution in [0.1, 0.15) is 32.4 Å². The minimum atomic E-state index is 0.775. The summed E-state index contributed by atoms with van der Waals surface area (Å²) in [5.41, 5.74) is 2.16. The lowest BCUT2D eigenvalue weighted by Gasteiger charge is -2.20. The number of halogens is 1. The van der Waals surface area contributed by atoms with Gasteiger partial charge in [-0.25, -0.2) is 0 Å². The molecule has 1 aliphatic rings. The summed E-state index contributed by atoms with van der Waals surface area (Å²) >= 11 is 3.59. The smallest absolute Gasteiger partial charge is 0.210 e. The SMILES string of the molecule is CCN(CC)c1ccc(N=Cc2cc(Br)c(N3CCCC3)o2)cc1. The Balaban J connectivity index is 1.70. The van der Waals surface area contributed by atoms with Gasteiger partial charge in [0.15, 0.2) is 0 Å². The van der Waals surface area contributed by atoms with Crippen molar-refractivity contribution < 1.29 is 4.42 Å². The summed E-state index contributed by atoms with van der Waals surface area (Å²) in [4.78, 5) is 9.13. The number of benzene rings is 1. The zero-order valence-corrected chi connectivity index (χ0v) is 15.9. The average Bonchev–Trinajstić information content (AvgIpc) is 3.24. The van der Waals surface area contributed by atoms with Gasteiger partial charge in [-0.2, -0.15) is 0 Å². The molecule has 1 saturated heterocycles. The van der Waals surface area contributed by atoms with E-state index in [4.69, 9.17) is 4.42 Å².